The van der Waals surface area contributed by atoms with Gasteiger partial charge in [-0.15, -0.1) is 0 Å². The molecule has 2 aromatic rings. The number of anilines is 1. The number of hydrogen-bond acceptors (Lipinski definition) is 5. The Bertz CT molecular complexity index is 1260. The highest BCUT2D eigenvalue weighted by molar-refractivity contribution is 6.11. The minimum absolute atomic E-state index is 0.392. The van der Waals surface area contributed by atoms with E-state index in [1.54, 1.807) is 24.3 Å². The standard InChI is InChI=1S/C24H17N5O/c25-11-17-16-9-14-5-1-2-6-15(14)10-19(16)24(23(12-26,13-27)21(17)28)18-7-3-4-8-20(18)29-22(24)30/h1-8,17,21H,9-10,28H2,(H,29,30). The van der Waals surface area contributed by atoms with Gasteiger partial charge in [-0.25, -0.2) is 0 Å². The number of nitrogens with zero attached hydrogens (tertiary/aromatic N) is 3. The van der Waals surface area contributed by atoms with Crippen molar-refractivity contribution in [3.05, 3.63) is 76.4 Å². The number of nitrogens with two attached hydrogens (primary N) is 1. The summed E-state index contributed by atoms with van der Waals surface area (Å²) in [6.45, 7) is 0. The lowest BCUT2D eigenvalue weighted by Crippen LogP contribution is -2.65. The van der Waals surface area contributed by atoms with Crippen LogP contribution in [0.2, 0.25) is 0 Å². The monoisotopic (exact) mass is 391 g/mol. The van der Waals surface area contributed by atoms with Crippen molar-refractivity contribution in [1.82, 2.24) is 0 Å². The van der Waals surface area contributed by atoms with E-state index in [0.717, 1.165) is 16.7 Å². The fourth-order valence-electron chi connectivity index (χ4n) is 5.59. The van der Waals surface area contributed by atoms with Crippen LogP contribution in [0.15, 0.2) is 59.7 Å². The Morgan fingerprint density at radius 3 is 2.27 bits per heavy atom. The van der Waals surface area contributed by atoms with Crippen molar-refractivity contribution in [2.45, 2.75) is 24.3 Å². The minimum atomic E-state index is -1.91. The number of hydrogen-bond donors (Lipinski definition) is 2. The molecule has 3 atom stereocenters. The number of para-hydroxylation sites is 1. The third kappa shape index (κ3) is 1.86. The molecule has 3 N–H and O–H groups in total. The van der Waals surface area contributed by atoms with E-state index in [0.29, 0.717) is 29.7 Å². The molecule has 0 bridgehead atoms. The fourth-order valence-corrected chi connectivity index (χ4v) is 5.59. The SMILES string of the molecule is N#CC1C2=C(Cc3ccccc3C2)C2(C(=O)Nc3ccccc32)C(C#N)(C#N)C1N. The van der Waals surface area contributed by atoms with Gasteiger partial charge in [-0.2, -0.15) is 15.8 Å². The Hall–Kier alpha value is -3.92. The van der Waals surface area contributed by atoms with Gasteiger partial charge >= 0.3 is 0 Å². The predicted octanol–water partition coefficient (Wildman–Crippen LogP) is 2.49. The predicted molar refractivity (Wildman–Crippen MR) is 108 cm³/mol. The second-order valence-electron chi connectivity index (χ2n) is 8.04. The summed E-state index contributed by atoms with van der Waals surface area (Å²) < 4.78 is 0. The summed E-state index contributed by atoms with van der Waals surface area (Å²) in [5.74, 6) is -1.25. The molecule has 1 spiro atoms. The average Bonchev–Trinajstić information content (AvgIpc) is 3.07. The largest absolute Gasteiger partial charge is 0.325 e. The first-order valence-electron chi connectivity index (χ1n) is 9.73. The van der Waals surface area contributed by atoms with Crippen molar-refractivity contribution in [1.29, 1.82) is 15.8 Å². The van der Waals surface area contributed by atoms with Crippen LogP contribution >= 0.6 is 0 Å². The minimum Gasteiger partial charge on any atom is -0.325 e. The van der Waals surface area contributed by atoms with Gasteiger partial charge in [0.15, 0.2) is 5.41 Å². The topological polar surface area (TPSA) is 126 Å². The molecule has 0 aromatic heterocycles. The normalized spacial score (nSPS) is 27.7. The summed E-state index contributed by atoms with van der Waals surface area (Å²) in [6.07, 6.45) is 0.866. The Morgan fingerprint density at radius 1 is 0.967 bits per heavy atom. The molecule has 1 amide bonds. The lowest BCUT2D eigenvalue weighted by molar-refractivity contribution is -0.122. The van der Waals surface area contributed by atoms with Gasteiger partial charge in [0.05, 0.1) is 30.2 Å². The summed E-state index contributed by atoms with van der Waals surface area (Å²) in [5.41, 5.74) is 7.74. The van der Waals surface area contributed by atoms with Crippen LogP contribution < -0.4 is 11.1 Å². The zero-order chi connectivity index (χ0) is 21.1. The quantitative estimate of drug-likeness (QED) is 0.667. The molecule has 1 aliphatic heterocycles. The molecule has 6 nitrogen and oxygen atoms in total. The number of rotatable bonds is 0. The Labute approximate surface area is 173 Å². The Morgan fingerprint density at radius 2 is 1.60 bits per heavy atom. The molecule has 30 heavy (non-hydrogen) atoms. The smallest absolute Gasteiger partial charge is 0.242 e. The summed E-state index contributed by atoms with van der Waals surface area (Å²) in [6, 6.07) is 20.3. The molecule has 1 heterocycles. The van der Waals surface area contributed by atoms with Crippen LogP contribution in [0.4, 0.5) is 5.69 Å². The third-order valence-corrected chi connectivity index (χ3v) is 6.94. The number of carbonyl (C=O) groups excluding carboxylic acids is 1. The maximum atomic E-state index is 13.7. The first-order chi connectivity index (χ1) is 14.5. The van der Waals surface area contributed by atoms with E-state index in [-0.39, 0.29) is 0 Å². The first kappa shape index (κ1) is 18.1. The van der Waals surface area contributed by atoms with E-state index in [1.165, 1.54) is 0 Å². The summed E-state index contributed by atoms with van der Waals surface area (Å²) in [5, 5.41) is 33.5. The van der Waals surface area contributed by atoms with Crippen molar-refractivity contribution in [3.63, 3.8) is 0 Å². The highest BCUT2D eigenvalue weighted by Gasteiger charge is 2.71. The molecule has 0 radical (unpaired) electrons. The maximum Gasteiger partial charge on any atom is 0.242 e. The number of nitrogens with one attached hydrogen (secondary N) is 1. The van der Waals surface area contributed by atoms with Crippen LogP contribution in [0.25, 0.3) is 0 Å². The molecule has 0 fully saturated rings. The molecule has 0 saturated heterocycles. The summed E-state index contributed by atoms with van der Waals surface area (Å²) in [4.78, 5) is 13.7. The van der Waals surface area contributed by atoms with E-state index in [1.807, 2.05) is 24.3 Å². The van der Waals surface area contributed by atoms with Crippen LogP contribution in [0.5, 0.6) is 0 Å². The van der Waals surface area contributed by atoms with Gasteiger partial charge in [0.2, 0.25) is 5.91 Å². The van der Waals surface area contributed by atoms with Gasteiger partial charge in [-0.05, 0) is 46.7 Å². The third-order valence-electron chi connectivity index (χ3n) is 6.94. The van der Waals surface area contributed by atoms with E-state index in [4.69, 9.17) is 5.73 Å². The molecule has 6 heteroatoms. The van der Waals surface area contributed by atoms with Gasteiger partial charge in [0.1, 0.15) is 5.41 Å². The van der Waals surface area contributed by atoms with Crippen molar-refractivity contribution < 1.29 is 4.79 Å². The molecular formula is C24H17N5O. The molecule has 3 aliphatic rings. The average molecular weight is 391 g/mol. The van der Waals surface area contributed by atoms with Crippen LogP contribution in [0.1, 0.15) is 16.7 Å². The van der Waals surface area contributed by atoms with Crippen molar-refractivity contribution in [2.75, 3.05) is 5.32 Å². The van der Waals surface area contributed by atoms with Crippen molar-refractivity contribution >= 4 is 11.6 Å². The molecule has 2 aromatic carbocycles. The van der Waals surface area contributed by atoms with Gasteiger partial charge in [0.25, 0.3) is 0 Å². The van der Waals surface area contributed by atoms with Gasteiger partial charge < -0.3 is 11.1 Å². The van der Waals surface area contributed by atoms with E-state index < -0.39 is 28.7 Å². The van der Waals surface area contributed by atoms with Crippen molar-refractivity contribution in [2.24, 2.45) is 17.1 Å². The Balaban J connectivity index is 1.93. The van der Waals surface area contributed by atoms with Crippen LogP contribution in [-0.4, -0.2) is 11.9 Å². The number of fused-ring (bicyclic) bond motifs is 4. The Kier molecular flexibility index (Phi) is 3.65. The molecule has 0 saturated carbocycles. The zero-order valence-electron chi connectivity index (χ0n) is 16.0. The highest BCUT2D eigenvalue weighted by Crippen LogP contribution is 2.61. The molecule has 5 rings (SSSR count). The van der Waals surface area contributed by atoms with Crippen LogP contribution in [-0.2, 0) is 23.1 Å². The summed E-state index contributed by atoms with van der Waals surface area (Å²) in [7, 11) is 0. The summed E-state index contributed by atoms with van der Waals surface area (Å²) >= 11 is 0. The molecular weight excluding hydrogens is 374 g/mol. The number of carbonyl (C=O) groups is 1. The fraction of sp³-hybridized carbons (Fsp3) is 0.250. The highest BCUT2D eigenvalue weighted by atomic mass is 16.2. The maximum absolute atomic E-state index is 13.7. The van der Waals surface area contributed by atoms with Crippen LogP contribution in [0, 0.1) is 45.3 Å². The van der Waals surface area contributed by atoms with Gasteiger partial charge in [-0.3, -0.25) is 4.79 Å². The lowest BCUT2D eigenvalue weighted by atomic mass is 9.47. The van der Waals surface area contributed by atoms with E-state index >= 15 is 0 Å². The number of nitriles is 3. The molecule has 144 valence electrons. The van der Waals surface area contributed by atoms with Crippen LogP contribution in [0.3, 0.4) is 0 Å². The zero-order valence-corrected chi connectivity index (χ0v) is 16.0. The first-order valence-corrected chi connectivity index (χ1v) is 9.73. The van der Waals surface area contributed by atoms with E-state index in [9.17, 15) is 20.6 Å². The number of benzene rings is 2. The lowest BCUT2D eigenvalue weighted by Gasteiger charge is -2.50. The second kappa shape index (κ2) is 6.04. The van der Waals surface area contributed by atoms with Gasteiger partial charge in [0, 0.05) is 5.69 Å². The molecule has 3 unspecified atom stereocenters. The van der Waals surface area contributed by atoms with E-state index in [2.05, 4.69) is 23.5 Å². The van der Waals surface area contributed by atoms with Gasteiger partial charge in [-0.1, -0.05) is 42.5 Å². The van der Waals surface area contributed by atoms with Crippen molar-refractivity contribution in [3.8, 4) is 18.2 Å². The molecule has 2 aliphatic carbocycles. The number of amides is 1. The second-order valence-corrected chi connectivity index (χ2v) is 8.04.